The van der Waals surface area contributed by atoms with Crippen LogP contribution in [0, 0.1) is 5.92 Å². The van der Waals surface area contributed by atoms with Crippen molar-refractivity contribution in [1.82, 2.24) is 5.32 Å². The van der Waals surface area contributed by atoms with E-state index in [1.54, 1.807) is 0 Å². The molecule has 4 heteroatoms. The summed E-state index contributed by atoms with van der Waals surface area (Å²) in [5, 5.41) is 13.1. The summed E-state index contributed by atoms with van der Waals surface area (Å²) in [6, 6.07) is 0. The summed E-state index contributed by atoms with van der Waals surface area (Å²) in [6.07, 6.45) is 6.75. The van der Waals surface area contributed by atoms with Gasteiger partial charge in [-0.05, 0) is 31.7 Å². The zero-order valence-electron chi connectivity index (χ0n) is 12.4. The van der Waals surface area contributed by atoms with Gasteiger partial charge >= 0.3 is 0 Å². The van der Waals surface area contributed by atoms with Crippen molar-refractivity contribution in [3.05, 3.63) is 0 Å². The van der Waals surface area contributed by atoms with Crippen LogP contribution < -0.4 is 5.32 Å². The maximum Gasteiger partial charge on any atom is 0.0897 e. The number of hydrogen-bond acceptors (Lipinski definition) is 4. The second-order valence-corrected chi connectivity index (χ2v) is 5.50. The van der Waals surface area contributed by atoms with Crippen molar-refractivity contribution in [3.63, 3.8) is 0 Å². The van der Waals surface area contributed by atoms with Crippen molar-refractivity contribution < 1.29 is 14.6 Å². The Morgan fingerprint density at radius 3 is 2.79 bits per heavy atom. The summed E-state index contributed by atoms with van der Waals surface area (Å²) in [4.78, 5) is 0. The van der Waals surface area contributed by atoms with Crippen molar-refractivity contribution >= 4 is 0 Å². The normalized spacial score (nSPS) is 18.6. The minimum absolute atomic E-state index is 0.383. The third kappa shape index (κ3) is 9.38. The standard InChI is InChI=1S/C15H31NO3/c1-2-3-4-5-8-19-13-15(17)12-16-11-14-6-9-18-10-7-14/h14-17H,2-13H2,1H3. The smallest absolute Gasteiger partial charge is 0.0897 e. The highest BCUT2D eigenvalue weighted by Gasteiger charge is 2.13. The van der Waals surface area contributed by atoms with Crippen molar-refractivity contribution in [1.29, 1.82) is 0 Å². The Kier molecular flexibility index (Phi) is 10.4. The van der Waals surface area contributed by atoms with E-state index in [4.69, 9.17) is 9.47 Å². The number of unbranched alkanes of at least 4 members (excludes halogenated alkanes) is 3. The van der Waals surface area contributed by atoms with E-state index in [0.29, 0.717) is 19.1 Å². The largest absolute Gasteiger partial charge is 0.389 e. The average molecular weight is 273 g/mol. The van der Waals surface area contributed by atoms with Crippen LogP contribution in [0.25, 0.3) is 0 Å². The summed E-state index contributed by atoms with van der Waals surface area (Å²) in [5.74, 6) is 0.705. The Morgan fingerprint density at radius 2 is 2.05 bits per heavy atom. The fraction of sp³-hybridized carbons (Fsp3) is 1.00. The van der Waals surface area contributed by atoms with Gasteiger partial charge in [0.25, 0.3) is 0 Å². The SMILES string of the molecule is CCCCCCOCC(O)CNCC1CCOCC1. The summed E-state index contributed by atoms with van der Waals surface area (Å²) >= 11 is 0. The number of aliphatic hydroxyl groups excluding tert-OH is 1. The second kappa shape index (κ2) is 11.6. The maximum atomic E-state index is 9.77. The first-order valence-electron chi connectivity index (χ1n) is 7.87. The lowest BCUT2D eigenvalue weighted by Crippen LogP contribution is -2.35. The number of rotatable bonds is 11. The van der Waals surface area contributed by atoms with Gasteiger partial charge in [0, 0.05) is 26.4 Å². The molecule has 4 nitrogen and oxygen atoms in total. The predicted octanol–water partition coefficient (Wildman–Crippen LogP) is 1.96. The number of aliphatic hydroxyl groups is 1. The van der Waals surface area contributed by atoms with E-state index in [1.165, 1.54) is 19.3 Å². The lowest BCUT2D eigenvalue weighted by atomic mass is 10.0. The minimum Gasteiger partial charge on any atom is -0.389 e. The lowest BCUT2D eigenvalue weighted by Gasteiger charge is -2.23. The first-order valence-corrected chi connectivity index (χ1v) is 7.87. The van der Waals surface area contributed by atoms with Crippen LogP contribution in [0.2, 0.25) is 0 Å². The second-order valence-electron chi connectivity index (χ2n) is 5.50. The Bertz CT molecular complexity index is 196. The fourth-order valence-corrected chi connectivity index (χ4v) is 2.31. The Morgan fingerprint density at radius 1 is 1.26 bits per heavy atom. The quantitative estimate of drug-likeness (QED) is 0.565. The molecule has 1 rings (SSSR count). The van der Waals surface area contributed by atoms with Gasteiger partial charge in [0.2, 0.25) is 0 Å². The highest BCUT2D eigenvalue weighted by atomic mass is 16.5. The molecular formula is C15H31NO3. The molecule has 2 N–H and O–H groups in total. The van der Waals surface area contributed by atoms with Gasteiger partial charge in [-0.3, -0.25) is 0 Å². The van der Waals surface area contributed by atoms with Crippen LogP contribution >= 0.6 is 0 Å². The zero-order chi connectivity index (χ0) is 13.8. The molecule has 1 unspecified atom stereocenters. The molecular weight excluding hydrogens is 242 g/mol. The van der Waals surface area contributed by atoms with Crippen LogP contribution in [0.1, 0.15) is 45.4 Å². The van der Waals surface area contributed by atoms with Gasteiger partial charge in [0.05, 0.1) is 12.7 Å². The van der Waals surface area contributed by atoms with Crippen molar-refractivity contribution in [2.75, 3.05) is 39.5 Å². The van der Waals surface area contributed by atoms with Crippen molar-refractivity contribution in [2.45, 2.75) is 51.6 Å². The highest BCUT2D eigenvalue weighted by molar-refractivity contribution is 4.67. The molecule has 19 heavy (non-hydrogen) atoms. The highest BCUT2D eigenvalue weighted by Crippen LogP contribution is 2.12. The van der Waals surface area contributed by atoms with E-state index >= 15 is 0 Å². The zero-order valence-corrected chi connectivity index (χ0v) is 12.4. The molecule has 1 aliphatic rings. The van der Waals surface area contributed by atoms with E-state index in [-0.39, 0.29) is 6.10 Å². The Hall–Kier alpha value is -0.160. The molecule has 1 heterocycles. The molecule has 0 spiro atoms. The van der Waals surface area contributed by atoms with E-state index in [1.807, 2.05) is 0 Å². The number of nitrogens with one attached hydrogen (secondary N) is 1. The molecule has 0 aromatic heterocycles. The topological polar surface area (TPSA) is 50.7 Å². The molecule has 1 atom stereocenters. The van der Waals surface area contributed by atoms with E-state index in [9.17, 15) is 5.11 Å². The molecule has 0 amide bonds. The van der Waals surface area contributed by atoms with Gasteiger partial charge in [-0.15, -0.1) is 0 Å². The average Bonchev–Trinajstić information content (AvgIpc) is 2.44. The van der Waals surface area contributed by atoms with Gasteiger partial charge in [-0.25, -0.2) is 0 Å². The summed E-state index contributed by atoms with van der Waals surface area (Å²) in [7, 11) is 0. The summed E-state index contributed by atoms with van der Waals surface area (Å²) in [6.45, 7) is 6.81. The van der Waals surface area contributed by atoms with Gasteiger partial charge in [0.1, 0.15) is 0 Å². The monoisotopic (exact) mass is 273 g/mol. The van der Waals surface area contributed by atoms with Gasteiger partial charge in [-0.1, -0.05) is 26.2 Å². The first kappa shape index (κ1) is 16.9. The molecule has 0 bridgehead atoms. The third-order valence-corrected chi connectivity index (χ3v) is 3.61. The van der Waals surface area contributed by atoms with Crippen LogP contribution in [0.15, 0.2) is 0 Å². The third-order valence-electron chi connectivity index (χ3n) is 3.61. The van der Waals surface area contributed by atoms with Crippen molar-refractivity contribution in [3.8, 4) is 0 Å². The molecule has 1 fully saturated rings. The molecule has 0 aliphatic carbocycles. The van der Waals surface area contributed by atoms with Gasteiger partial charge in [0.15, 0.2) is 0 Å². The van der Waals surface area contributed by atoms with Crippen LogP contribution in [-0.4, -0.2) is 50.7 Å². The molecule has 0 aromatic rings. The van der Waals surface area contributed by atoms with Crippen LogP contribution in [0.4, 0.5) is 0 Å². The van der Waals surface area contributed by atoms with Gasteiger partial charge in [-0.2, -0.15) is 0 Å². The van der Waals surface area contributed by atoms with E-state index in [2.05, 4.69) is 12.2 Å². The van der Waals surface area contributed by atoms with Crippen LogP contribution in [0.3, 0.4) is 0 Å². The Balaban J connectivity index is 1.85. The Labute approximate surface area is 117 Å². The minimum atomic E-state index is -0.383. The summed E-state index contributed by atoms with van der Waals surface area (Å²) in [5.41, 5.74) is 0. The van der Waals surface area contributed by atoms with Gasteiger partial charge < -0.3 is 19.9 Å². The molecule has 1 saturated heterocycles. The predicted molar refractivity (Wildman–Crippen MR) is 77.4 cm³/mol. The molecule has 0 radical (unpaired) electrons. The molecule has 114 valence electrons. The van der Waals surface area contributed by atoms with Crippen molar-refractivity contribution in [2.24, 2.45) is 5.92 Å². The maximum absolute atomic E-state index is 9.77. The van der Waals surface area contributed by atoms with Crippen LogP contribution in [0.5, 0.6) is 0 Å². The number of ether oxygens (including phenoxy) is 2. The first-order chi connectivity index (χ1) is 9.33. The fourth-order valence-electron chi connectivity index (χ4n) is 2.31. The lowest BCUT2D eigenvalue weighted by molar-refractivity contribution is 0.0326. The molecule has 0 aromatic carbocycles. The summed E-state index contributed by atoms with van der Waals surface area (Å²) < 4.78 is 10.8. The van der Waals surface area contributed by atoms with E-state index in [0.717, 1.165) is 45.6 Å². The molecule has 1 aliphatic heterocycles. The van der Waals surface area contributed by atoms with Crippen LogP contribution in [-0.2, 0) is 9.47 Å². The molecule has 0 saturated carbocycles. The van der Waals surface area contributed by atoms with E-state index < -0.39 is 0 Å². The number of hydrogen-bond donors (Lipinski definition) is 2.